The van der Waals surface area contributed by atoms with Crippen molar-refractivity contribution in [1.29, 1.82) is 0 Å². The zero-order valence-electron chi connectivity index (χ0n) is 22.4. The van der Waals surface area contributed by atoms with Crippen LogP contribution in [0.25, 0.3) is 22.5 Å². The summed E-state index contributed by atoms with van der Waals surface area (Å²) in [6.45, 7) is 2.44. The summed E-state index contributed by atoms with van der Waals surface area (Å²) in [6.07, 6.45) is 2.58. The molecule has 12 heteroatoms. The number of nitrogens with one attached hydrogen (secondary N) is 2. The van der Waals surface area contributed by atoms with Gasteiger partial charge in [-0.05, 0) is 47.9 Å². The molecule has 0 spiro atoms. The number of likely N-dealkylation sites (N-methyl/N-ethyl adjacent to an activating group) is 1. The fourth-order valence-electron chi connectivity index (χ4n) is 4.45. The quantitative estimate of drug-likeness (QED) is 0.191. The van der Waals surface area contributed by atoms with Gasteiger partial charge in [-0.1, -0.05) is 67.4 Å². The third kappa shape index (κ3) is 7.10. The molecule has 0 saturated heterocycles. The molecule has 0 bridgehead atoms. The minimum atomic E-state index is -0.979. The standard InChI is InChI=1S/C28H32ClN7O4/c1-3-4-10-24-31-26(29)23(17-40-28(39)22(30-2)13-14-25(37)38)36(24)16-18-11-12-20(19-8-6-5-7-9-19)21(15-18)27-32-34-35-33-27/h5-9,11-12,15,22,30H,3-4,10,13-14,16-17H2,1-2H3,(H,37,38)(H,32,33,34,35)/t22-/m0/s1. The van der Waals surface area contributed by atoms with Crippen molar-refractivity contribution in [3.63, 3.8) is 0 Å². The number of aliphatic carboxylic acids is 1. The lowest BCUT2D eigenvalue weighted by atomic mass is 9.97. The molecule has 4 rings (SSSR count). The SMILES string of the molecule is CCCCc1nc(Cl)c(COC(=O)[C@H](CCC(=O)O)NC)n1Cc1ccc(-c2ccccc2)c(-c2nn[nH]n2)c1. The Labute approximate surface area is 236 Å². The van der Waals surface area contributed by atoms with Crippen LogP contribution in [0.2, 0.25) is 5.15 Å². The number of carboxylic acid groups (broad SMARTS) is 1. The molecule has 0 saturated carbocycles. The molecule has 4 aromatic rings. The largest absolute Gasteiger partial charge is 0.481 e. The number of benzene rings is 2. The van der Waals surface area contributed by atoms with Crippen molar-refractivity contribution in [2.24, 2.45) is 0 Å². The Bertz CT molecular complexity index is 1420. The van der Waals surface area contributed by atoms with E-state index in [2.05, 4.69) is 37.8 Å². The summed E-state index contributed by atoms with van der Waals surface area (Å²) in [7, 11) is 1.59. The van der Waals surface area contributed by atoms with Crippen molar-refractivity contribution in [2.45, 2.75) is 58.2 Å². The van der Waals surface area contributed by atoms with Gasteiger partial charge in [0.1, 0.15) is 18.5 Å². The zero-order chi connectivity index (χ0) is 28.5. The van der Waals surface area contributed by atoms with Gasteiger partial charge >= 0.3 is 11.9 Å². The van der Waals surface area contributed by atoms with Crippen molar-refractivity contribution in [3.05, 3.63) is 70.8 Å². The fraction of sp³-hybridized carbons (Fsp3) is 0.357. The van der Waals surface area contributed by atoms with Crippen LogP contribution in [0.1, 0.15) is 49.7 Å². The van der Waals surface area contributed by atoms with E-state index in [9.17, 15) is 9.59 Å². The number of H-pyrrole nitrogens is 1. The number of aromatic nitrogens is 6. The molecule has 0 radical (unpaired) electrons. The summed E-state index contributed by atoms with van der Waals surface area (Å²) in [5, 5.41) is 26.8. The van der Waals surface area contributed by atoms with Gasteiger partial charge in [-0.15, -0.1) is 10.2 Å². The van der Waals surface area contributed by atoms with E-state index in [4.69, 9.17) is 21.4 Å². The van der Waals surface area contributed by atoms with E-state index in [1.807, 2.05) is 53.1 Å². The normalized spacial score (nSPS) is 11.9. The molecule has 3 N–H and O–H groups in total. The number of nitrogens with zero attached hydrogens (tertiary/aromatic N) is 5. The highest BCUT2D eigenvalue weighted by atomic mass is 35.5. The van der Waals surface area contributed by atoms with Crippen LogP contribution >= 0.6 is 11.6 Å². The molecule has 1 atom stereocenters. The van der Waals surface area contributed by atoms with Crippen molar-refractivity contribution >= 4 is 23.5 Å². The number of carboxylic acids is 1. The van der Waals surface area contributed by atoms with Crippen molar-refractivity contribution in [2.75, 3.05) is 7.05 Å². The molecule has 2 heterocycles. The number of aryl methyl sites for hydroxylation is 1. The van der Waals surface area contributed by atoms with Crippen LogP contribution in [0.3, 0.4) is 0 Å². The van der Waals surface area contributed by atoms with Crippen molar-refractivity contribution < 1.29 is 19.4 Å². The van der Waals surface area contributed by atoms with Crippen molar-refractivity contribution in [3.8, 4) is 22.5 Å². The minimum absolute atomic E-state index is 0.0954. The molecule has 0 aliphatic carbocycles. The average molecular weight is 566 g/mol. The number of rotatable bonds is 14. The molecule has 0 aliphatic rings. The third-order valence-corrected chi connectivity index (χ3v) is 6.89. The number of carbonyl (C=O) groups is 2. The van der Waals surface area contributed by atoms with Gasteiger partial charge in [0.15, 0.2) is 5.15 Å². The summed E-state index contributed by atoms with van der Waals surface area (Å²) < 4.78 is 7.56. The first kappa shape index (κ1) is 28.9. The summed E-state index contributed by atoms with van der Waals surface area (Å²) in [5.74, 6) is -0.256. The highest BCUT2D eigenvalue weighted by molar-refractivity contribution is 6.30. The lowest BCUT2D eigenvalue weighted by Crippen LogP contribution is -2.36. The molecular formula is C28H32ClN7O4. The minimum Gasteiger partial charge on any atom is -0.481 e. The van der Waals surface area contributed by atoms with Crippen LogP contribution in [0.15, 0.2) is 48.5 Å². The molecule has 2 aromatic carbocycles. The topological polar surface area (TPSA) is 148 Å². The first-order chi connectivity index (χ1) is 19.4. The summed E-state index contributed by atoms with van der Waals surface area (Å²) in [6, 6.07) is 15.3. The van der Waals surface area contributed by atoms with E-state index in [0.717, 1.165) is 40.9 Å². The Morgan fingerprint density at radius 3 is 2.65 bits per heavy atom. The van der Waals surface area contributed by atoms with Crippen LogP contribution in [0, 0.1) is 0 Å². The number of carbonyl (C=O) groups excluding carboxylic acids is 1. The van der Waals surface area contributed by atoms with Gasteiger partial charge in [-0.3, -0.25) is 9.59 Å². The number of hydrogen-bond acceptors (Lipinski definition) is 8. The van der Waals surface area contributed by atoms with Gasteiger partial charge in [-0.2, -0.15) is 5.21 Å². The van der Waals surface area contributed by atoms with E-state index >= 15 is 0 Å². The van der Waals surface area contributed by atoms with Crippen LogP contribution in [-0.4, -0.2) is 60.3 Å². The van der Waals surface area contributed by atoms with E-state index in [0.29, 0.717) is 24.5 Å². The molecule has 210 valence electrons. The Hall–Kier alpha value is -4.09. The molecule has 0 aliphatic heterocycles. The average Bonchev–Trinajstić information content (AvgIpc) is 3.59. The first-order valence-electron chi connectivity index (χ1n) is 13.1. The van der Waals surface area contributed by atoms with Gasteiger partial charge in [0, 0.05) is 24.9 Å². The van der Waals surface area contributed by atoms with Crippen LogP contribution in [-0.2, 0) is 33.9 Å². The Morgan fingerprint density at radius 2 is 1.98 bits per heavy atom. The number of aromatic amines is 1. The highest BCUT2D eigenvalue weighted by Crippen LogP contribution is 2.32. The molecule has 40 heavy (non-hydrogen) atoms. The second kappa shape index (κ2) is 13.8. The summed E-state index contributed by atoms with van der Waals surface area (Å²) in [5.41, 5.74) is 4.34. The lowest BCUT2D eigenvalue weighted by molar-refractivity contribution is -0.148. The maximum atomic E-state index is 12.7. The maximum Gasteiger partial charge on any atom is 0.323 e. The second-order valence-corrected chi connectivity index (χ2v) is 9.68. The van der Waals surface area contributed by atoms with Crippen LogP contribution in [0.5, 0.6) is 0 Å². The lowest BCUT2D eigenvalue weighted by Gasteiger charge is -2.17. The predicted octanol–water partition coefficient (Wildman–Crippen LogP) is 4.27. The van der Waals surface area contributed by atoms with Crippen molar-refractivity contribution in [1.82, 2.24) is 35.5 Å². The fourth-order valence-corrected chi connectivity index (χ4v) is 4.70. The van der Waals surface area contributed by atoms with E-state index < -0.39 is 18.0 Å². The number of tetrazole rings is 1. The van der Waals surface area contributed by atoms with Crippen LogP contribution < -0.4 is 5.32 Å². The molecule has 0 unspecified atom stereocenters. The van der Waals surface area contributed by atoms with E-state index in [1.165, 1.54) is 0 Å². The molecule has 0 amide bonds. The molecule has 11 nitrogen and oxygen atoms in total. The predicted molar refractivity (Wildman–Crippen MR) is 150 cm³/mol. The van der Waals surface area contributed by atoms with Gasteiger partial charge in [-0.25, -0.2) is 4.98 Å². The number of halogens is 1. The number of ether oxygens (including phenoxy) is 1. The van der Waals surface area contributed by atoms with Crippen LogP contribution in [0.4, 0.5) is 0 Å². The smallest absolute Gasteiger partial charge is 0.323 e. The Kier molecular flexibility index (Phi) is 9.98. The number of hydrogen-bond donors (Lipinski definition) is 3. The highest BCUT2D eigenvalue weighted by Gasteiger charge is 2.23. The summed E-state index contributed by atoms with van der Waals surface area (Å²) in [4.78, 5) is 28.2. The van der Waals surface area contributed by atoms with Gasteiger partial charge in [0.2, 0.25) is 5.82 Å². The molecule has 2 aromatic heterocycles. The van der Waals surface area contributed by atoms with Gasteiger partial charge in [0.25, 0.3) is 0 Å². The molecular weight excluding hydrogens is 534 g/mol. The zero-order valence-corrected chi connectivity index (χ0v) is 23.2. The number of esters is 1. The molecule has 0 fully saturated rings. The van der Waals surface area contributed by atoms with E-state index in [1.54, 1.807) is 7.05 Å². The Morgan fingerprint density at radius 1 is 1.18 bits per heavy atom. The maximum absolute atomic E-state index is 12.7. The van der Waals surface area contributed by atoms with Gasteiger partial charge < -0.3 is 19.7 Å². The Balaban J connectivity index is 1.64. The summed E-state index contributed by atoms with van der Waals surface area (Å²) >= 11 is 6.56. The number of unbranched alkanes of at least 4 members (excludes halogenated alkanes) is 1. The third-order valence-electron chi connectivity index (χ3n) is 6.58. The van der Waals surface area contributed by atoms with E-state index in [-0.39, 0.29) is 24.6 Å². The second-order valence-electron chi connectivity index (χ2n) is 9.32. The monoisotopic (exact) mass is 565 g/mol. The number of imidazole rings is 1. The van der Waals surface area contributed by atoms with Gasteiger partial charge in [0.05, 0.1) is 5.69 Å². The first-order valence-corrected chi connectivity index (χ1v) is 13.5.